The maximum atomic E-state index is 3.28. The minimum absolute atomic E-state index is 0.996. The van der Waals surface area contributed by atoms with Crippen LogP contribution in [0.1, 0.15) is 100 Å². The van der Waals surface area contributed by atoms with Crippen LogP contribution in [-0.4, -0.2) is 0 Å². The van der Waals surface area contributed by atoms with E-state index in [0.29, 0.717) is 0 Å². The number of hydrogen-bond donors (Lipinski definition) is 0. The van der Waals surface area contributed by atoms with Gasteiger partial charge in [0.25, 0.3) is 0 Å². The molecule has 0 fully saturated rings. The van der Waals surface area contributed by atoms with Gasteiger partial charge >= 0.3 is 0 Å². The molecule has 29 heavy (non-hydrogen) atoms. The molecule has 0 aliphatic carbocycles. The van der Waals surface area contributed by atoms with Crippen molar-refractivity contribution in [1.82, 2.24) is 0 Å². The van der Waals surface area contributed by atoms with Gasteiger partial charge in [-0.15, -0.1) is 0 Å². The van der Waals surface area contributed by atoms with E-state index in [1.54, 1.807) is 0 Å². The van der Waals surface area contributed by atoms with E-state index in [4.69, 9.17) is 0 Å². The van der Waals surface area contributed by atoms with Crippen LogP contribution in [-0.2, 0) is 6.42 Å². The van der Waals surface area contributed by atoms with Crippen molar-refractivity contribution in [3.8, 4) is 23.7 Å². The fourth-order valence-electron chi connectivity index (χ4n) is 3.27. The Balaban J connectivity index is 1.79. The molecule has 0 saturated carbocycles. The summed E-state index contributed by atoms with van der Waals surface area (Å²) in [5.74, 6) is 13.1. The summed E-state index contributed by atoms with van der Waals surface area (Å²) in [5, 5.41) is 0. The lowest BCUT2D eigenvalue weighted by Gasteiger charge is -2.01. The summed E-state index contributed by atoms with van der Waals surface area (Å²) in [4.78, 5) is 0. The molecule has 0 spiro atoms. The first-order chi connectivity index (χ1) is 14.3. The summed E-state index contributed by atoms with van der Waals surface area (Å²) in [5.41, 5.74) is 4.62. The first kappa shape index (κ1) is 22.8. The van der Waals surface area contributed by atoms with Crippen LogP contribution in [0.4, 0.5) is 0 Å². The highest BCUT2D eigenvalue weighted by molar-refractivity contribution is 5.46. The number of aryl methyl sites for hydroxylation is 1. The lowest BCUT2D eigenvalue weighted by atomic mass is 10.0. The van der Waals surface area contributed by atoms with E-state index in [1.807, 2.05) is 0 Å². The molecule has 0 aliphatic heterocycles. The van der Waals surface area contributed by atoms with Crippen LogP contribution in [0.25, 0.3) is 0 Å². The summed E-state index contributed by atoms with van der Waals surface area (Å²) in [6, 6.07) is 17.0. The summed E-state index contributed by atoms with van der Waals surface area (Å²) in [6.45, 7) is 4.50. The Bertz CT molecular complexity index is 801. The van der Waals surface area contributed by atoms with Crippen molar-refractivity contribution in [2.75, 3.05) is 0 Å². The normalized spacial score (nSPS) is 10.0. The van der Waals surface area contributed by atoms with Gasteiger partial charge in [0.2, 0.25) is 0 Å². The molecule has 2 rings (SSSR count). The van der Waals surface area contributed by atoms with Crippen molar-refractivity contribution < 1.29 is 0 Å². The Morgan fingerprint density at radius 3 is 1.59 bits per heavy atom. The van der Waals surface area contributed by atoms with Crippen LogP contribution in [0.15, 0.2) is 48.5 Å². The molecular weight excluding hydrogens is 348 g/mol. The van der Waals surface area contributed by atoms with Gasteiger partial charge in [-0.2, -0.15) is 0 Å². The number of rotatable bonds is 10. The van der Waals surface area contributed by atoms with Gasteiger partial charge in [0.05, 0.1) is 0 Å². The smallest absolute Gasteiger partial charge is 0.0249 e. The topological polar surface area (TPSA) is 0 Å². The van der Waals surface area contributed by atoms with E-state index in [9.17, 15) is 0 Å². The maximum absolute atomic E-state index is 3.28. The van der Waals surface area contributed by atoms with Crippen LogP contribution in [0.2, 0.25) is 0 Å². The standard InChI is InChI=1S/C29H36/c1-3-5-7-9-11-13-15-27-18-22-29(23-19-27)25-24-28-20-16-26(17-21-28)14-12-10-8-6-4-2/h16-23H,3-12,14H2,1-2H3. The summed E-state index contributed by atoms with van der Waals surface area (Å²) >= 11 is 0. The van der Waals surface area contributed by atoms with Crippen molar-refractivity contribution in [3.05, 3.63) is 70.8 Å². The fraction of sp³-hybridized carbons (Fsp3) is 0.448. The molecule has 0 aliphatic rings. The van der Waals surface area contributed by atoms with E-state index in [-0.39, 0.29) is 0 Å². The van der Waals surface area contributed by atoms with E-state index in [2.05, 4.69) is 86.1 Å². The lowest BCUT2D eigenvalue weighted by Crippen LogP contribution is -1.86. The Morgan fingerprint density at radius 1 is 0.517 bits per heavy atom. The second-order valence-electron chi connectivity index (χ2n) is 7.80. The highest BCUT2D eigenvalue weighted by atomic mass is 14.0. The van der Waals surface area contributed by atoms with Gasteiger partial charge < -0.3 is 0 Å². The largest absolute Gasteiger partial charge is 0.0979 e. The Labute approximate surface area is 179 Å². The second kappa shape index (κ2) is 14.5. The van der Waals surface area contributed by atoms with Crippen molar-refractivity contribution in [1.29, 1.82) is 0 Å². The molecule has 0 aromatic heterocycles. The molecule has 0 heteroatoms. The van der Waals surface area contributed by atoms with Crippen molar-refractivity contribution >= 4 is 0 Å². The molecule has 2 aromatic rings. The predicted molar refractivity (Wildman–Crippen MR) is 127 cm³/mol. The maximum Gasteiger partial charge on any atom is 0.0249 e. The molecule has 0 heterocycles. The zero-order valence-electron chi connectivity index (χ0n) is 18.4. The number of unbranched alkanes of at least 4 members (excludes halogenated alkanes) is 8. The predicted octanol–water partition coefficient (Wildman–Crippen LogP) is 7.92. The third-order valence-corrected chi connectivity index (χ3v) is 5.15. The molecule has 0 nitrogen and oxygen atoms in total. The number of hydrogen-bond acceptors (Lipinski definition) is 0. The van der Waals surface area contributed by atoms with Crippen LogP contribution in [0, 0.1) is 23.7 Å². The van der Waals surface area contributed by atoms with Crippen LogP contribution in [0.3, 0.4) is 0 Å². The average Bonchev–Trinajstić information content (AvgIpc) is 2.76. The summed E-state index contributed by atoms with van der Waals surface area (Å²) in [7, 11) is 0. The zero-order valence-corrected chi connectivity index (χ0v) is 18.4. The first-order valence-corrected chi connectivity index (χ1v) is 11.5. The van der Waals surface area contributed by atoms with Gasteiger partial charge in [0.15, 0.2) is 0 Å². The Morgan fingerprint density at radius 2 is 1.00 bits per heavy atom. The van der Waals surface area contributed by atoms with Gasteiger partial charge in [0, 0.05) is 23.1 Å². The highest BCUT2D eigenvalue weighted by Gasteiger charge is 1.95. The van der Waals surface area contributed by atoms with Gasteiger partial charge in [-0.3, -0.25) is 0 Å². The summed E-state index contributed by atoms with van der Waals surface area (Å²) < 4.78 is 0. The molecule has 0 saturated heterocycles. The minimum atomic E-state index is 0.996. The highest BCUT2D eigenvalue weighted by Crippen LogP contribution is 2.10. The van der Waals surface area contributed by atoms with E-state index < -0.39 is 0 Å². The molecule has 2 aromatic carbocycles. The van der Waals surface area contributed by atoms with E-state index >= 15 is 0 Å². The number of benzene rings is 2. The molecule has 152 valence electrons. The molecular formula is C29H36. The Kier molecular flexibility index (Phi) is 11.5. The third kappa shape index (κ3) is 10.1. The second-order valence-corrected chi connectivity index (χ2v) is 7.80. The minimum Gasteiger partial charge on any atom is -0.0979 e. The molecule has 0 unspecified atom stereocenters. The van der Waals surface area contributed by atoms with E-state index in [0.717, 1.165) is 23.1 Å². The molecule has 0 atom stereocenters. The molecule has 0 radical (unpaired) electrons. The van der Waals surface area contributed by atoms with Crippen LogP contribution >= 0.6 is 0 Å². The first-order valence-electron chi connectivity index (χ1n) is 11.5. The molecule has 0 amide bonds. The third-order valence-electron chi connectivity index (χ3n) is 5.15. The van der Waals surface area contributed by atoms with Gasteiger partial charge in [-0.25, -0.2) is 0 Å². The van der Waals surface area contributed by atoms with Crippen molar-refractivity contribution in [3.63, 3.8) is 0 Å². The van der Waals surface area contributed by atoms with Crippen molar-refractivity contribution in [2.45, 2.75) is 84.5 Å². The molecule has 0 N–H and O–H groups in total. The lowest BCUT2D eigenvalue weighted by molar-refractivity contribution is 0.632. The van der Waals surface area contributed by atoms with Crippen molar-refractivity contribution in [2.24, 2.45) is 0 Å². The van der Waals surface area contributed by atoms with Gasteiger partial charge in [-0.05, 0) is 61.2 Å². The van der Waals surface area contributed by atoms with Crippen LogP contribution in [0.5, 0.6) is 0 Å². The average molecular weight is 385 g/mol. The van der Waals surface area contributed by atoms with Gasteiger partial charge in [0.1, 0.15) is 0 Å². The monoisotopic (exact) mass is 384 g/mol. The quantitative estimate of drug-likeness (QED) is 0.288. The molecule has 0 bridgehead atoms. The Hall–Kier alpha value is -2.44. The fourth-order valence-corrected chi connectivity index (χ4v) is 3.27. The summed E-state index contributed by atoms with van der Waals surface area (Å²) in [6.07, 6.45) is 13.9. The zero-order chi connectivity index (χ0) is 20.6. The van der Waals surface area contributed by atoms with Crippen LogP contribution < -0.4 is 0 Å². The van der Waals surface area contributed by atoms with Gasteiger partial charge in [-0.1, -0.05) is 94.6 Å². The van der Waals surface area contributed by atoms with E-state index in [1.165, 1.54) is 69.8 Å². The SMILES string of the molecule is CCCCCCC#Cc1ccc(C#Cc2ccc(CCCCCCC)cc2)cc1.